The quantitative estimate of drug-likeness (QED) is 0.421. The van der Waals surface area contributed by atoms with Crippen molar-refractivity contribution in [3.63, 3.8) is 0 Å². The van der Waals surface area contributed by atoms with Crippen LogP contribution in [0.25, 0.3) is 0 Å². The Labute approximate surface area is 135 Å². The van der Waals surface area contributed by atoms with E-state index in [1.165, 1.54) is 18.0 Å². The van der Waals surface area contributed by atoms with Crippen molar-refractivity contribution in [1.82, 2.24) is 5.43 Å². The minimum absolute atomic E-state index is 0.0410. The van der Waals surface area contributed by atoms with Gasteiger partial charge in [-0.15, -0.1) is 0 Å². The molecule has 7 nitrogen and oxygen atoms in total. The molecule has 23 heavy (non-hydrogen) atoms. The second-order valence-electron chi connectivity index (χ2n) is 6.11. The number of likely N-dealkylation sites (N-methyl/N-ethyl adjacent to an activating group) is 1. The van der Waals surface area contributed by atoms with E-state index in [1.807, 2.05) is 18.2 Å². The Morgan fingerprint density at radius 1 is 1.26 bits per heavy atom. The Hall–Kier alpha value is -2.12. The summed E-state index contributed by atoms with van der Waals surface area (Å²) in [6, 6.07) is 5.55. The molecule has 1 aromatic rings. The van der Waals surface area contributed by atoms with E-state index in [2.05, 4.69) is 17.6 Å². The normalized spacial score (nSPS) is 23.2. The molecule has 3 rings (SSSR count). The van der Waals surface area contributed by atoms with Gasteiger partial charge in [-0.25, -0.2) is 5.43 Å². The maximum absolute atomic E-state index is 11.8. The summed E-state index contributed by atoms with van der Waals surface area (Å²) in [5.41, 5.74) is 3.45. The molecule has 2 aliphatic heterocycles. The highest BCUT2D eigenvalue weighted by Crippen LogP contribution is 2.31. The van der Waals surface area contributed by atoms with Crippen LogP contribution in [0.5, 0.6) is 11.5 Å². The highest BCUT2D eigenvalue weighted by Gasteiger charge is 2.20. The number of hydrazone groups is 1. The van der Waals surface area contributed by atoms with Gasteiger partial charge in [0.25, 0.3) is 0 Å². The first-order chi connectivity index (χ1) is 11.2. The molecule has 124 valence electrons. The van der Waals surface area contributed by atoms with Gasteiger partial charge in [0.1, 0.15) is 26.2 Å². The summed E-state index contributed by atoms with van der Waals surface area (Å²) < 4.78 is 10.6. The molecule has 0 spiro atoms. The van der Waals surface area contributed by atoms with Crippen molar-refractivity contribution in [2.75, 3.05) is 46.6 Å². The molecule has 0 radical (unpaired) electrons. The maximum Gasteiger partial charge on any atom is 0.245 e. The van der Waals surface area contributed by atoms with E-state index in [0.29, 0.717) is 12.2 Å². The molecule has 3 N–H and O–H groups in total. The SMILES string of the molecule is C[NH+]1CC[NH+](CCC(=O)N/N=C\c2ccc3c(c2)OCO3)CC1. The molecule has 7 heteroatoms. The van der Waals surface area contributed by atoms with E-state index in [-0.39, 0.29) is 12.7 Å². The number of rotatable bonds is 5. The first kappa shape index (κ1) is 15.8. The van der Waals surface area contributed by atoms with Crippen LogP contribution >= 0.6 is 0 Å². The van der Waals surface area contributed by atoms with E-state index in [1.54, 1.807) is 11.1 Å². The molecule has 1 fully saturated rings. The van der Waals surface area contributed by atoms with Gasteiger partial charge in [0.15, 0.2) is 11.5 Å². The predicted octanol–water partition coefficient (Wildman–Crippen LogP) is -2.33. The molecule has 0 saturated carbocycles. The van der Waals surface area contributed by atoms with Gasteiger partial charge in [0, 0.05) is 0 Å². The van der Waals surface area contributed by atoms with Gasteiger partial charge in [0.2, 0.25) is 12.7 Å². The number of piperazine rings is 1. The summed E-state index contributed by atoms with van der Waals surface area (Å²) in [6.07, 6.45) is 2.12. The van der Waals surface area contributed by atoms with Gasteiger partial charge >= 0.3 is 0 Å². The fourth-order valence-electron chi connectivity index (χ4n) is 2.80. The minimum Gasteiger partial charge on any atom is -0.454 e. The van der Waals surface area contributed by atoms with Crippen LogP contribution in [0.4, 0.5) is 0 Å². The summed E-state index contributed by atoms with van der Waals surface area (Å²) in [5, 5.41) is 4.01. The largest absolute Gasteiger partial charge is 0.454 e. The van der Waals surface area contributed by atoms with E-state index in [9.17, 15) is 4.79 Å². The van der Waals surface area contributed by atoms with E-state index >= 15 is 0 Å². The third-order valence-electron chi connectivity index (χ3n) is 4.32. The second kappa shape index (κ2) is 7.43. The number of hydrogen-bond donors (Lipinski definition) is 3. The number of benzene rings is 1. The van der Waals surface area contributed by atoms with Gasteiger partial charge in [-0.05, 0) is 23.8 Å². The average molecular weight is 320 g/mol. The lowest BCUT2D eigenvalue weighted by Crippen LogP contribution is -3.27. The van der Waals surface area contributed by atoms with Gasteiger partial charge in [0.05, 0.1) is 26.2 Å². The van der Waals surface area contributed by atoms with Crippen molar-refractivity contribution in [2.24, 2.45) is 5.10 Å². The van der Waals surface area contributed by atoms with Gasteiger partial charge in [-0.2, -0.15) is 5.10 Å². The Morgan fingerprint density at radius 2 is 2.04 bits per heavy atom. The first-order valence-electron chi connectivity index (χ1n) is 8.07. The number of carbonyl (C=O) groups excluding carboxylic acids is 1. The van der Waals surface area contributed by atoms with Crippen LogP contribution in [0.2, 0.25) is 0 Å². The summed E-state index contributed by atoms with van der Waals surface area (Å²) in [4.78, 5) is 14.9. The third kappa shape index (κ3) is 4.43. The molecule has 0 bridgehead atoms. The van der Waals surface area contributed by atoms with Crippen LogP contribution in [-0.2, 0) is 4.79 Å². The van der Waals surface area contributed by atoms with Crippen molar-refractivity contribution in [3.05, 3.63) is 23.8 Å². The zero-order valence-electron chi connectivity index (χ0n) is 13.4. The number of ether oxygens (including phenoxy) is 2. The van der Waals surface area contributed by atoms with Gasteiger partial charge in [-0.3, -0.25) is 4.79 Å². The van der Waals surface area contributed by atoms with E-state index in [4.69, 9.17) is 9.47 Å². The molecule has 1 saturated heterocycles. The number of carbonyl (C=O) groups is 1. The number of nitrogens with zero attached hydrogens (tertiary/aromatic N) is 1. The second-order valence-corrected chi connectivity index (χ2v) is 6.11. The molecule has 1 aromatic carbocycles. The lowest BCUT2D eigenvalue weighted by atomic mass is 10.2. The molecule has 0 aliphatic carbocycles. The number of quaternary nitrogens is 2. The number of hydrogen-bond acceptors (Lipinski definition) is 4. The lowest BCUT2D eigenvalue weighted by Gasteiger charge is -2.26. The van der Waals surface area contributed by atoms with Crippen LogP contribution in [0.3, 0.4) is 0 Å². The minimum atomic E-state index is -0.0410. The topological polar surface area (TPSA) is 68.8 Å². The fourth-order valence-corrected chi connectivity index (χ4v) is 2.80. The molecule has 0 atom stereocenters. The van der Waals surface area contributed by atoms with Crippen LogP contribution in [0.1, 0.15) is 12.0 Å². The molecule has 2 heterocycles. The monoisotopic (exact) mass is 320 g/mol. The molecule has 0 unspecified atom stereocenters. The highest BCUT2D eigenvalue weighted by atomic mass is 16.7. The summed E-state index contributed by atoms with van der Waals surface area (Å²) in [7, 11) is 2.22. The lowest BCUT2D eigenvalue weighted by molar-refractivity contribution is -1.00. The van der Waals surface area contributed by atoms with E-state index < -0.39 is 0 Å². The number of amides is 1. The van der Waals surface area contributed by atoms with Crippen LogP contribution in [0.15, 0.2) is 23.3 Å². The molecule has 1 amide bonds. The zero-order chi connectivity index (χ0) is 16.1. The summed E-state index contributed by atoms with van der Waals surface area (Å²) in [6.45, 7) is 5.76. The Morgan fingerprint density at radius 3 is 2.87 bits per heavy atom. The predicted molar refractivity (Wildman–Crippen MR) is 85.1 cm³/mol. The standard InChI is InChI=1S/C16H22N4O3/c1-19-6-8-20(9-7-19)5-4-16(21)18-17-11-13-2-3-14-15(10-13)23-12-22-14/h2-3,10-11H,4-9,12H2,1H3,(H,18,21)/p+2/b17-11-. The molecular weight excluding hydrogens is 296 g/mol. The zero-order valence-corrected chi connectivity index (χ0v) is 13.4. The Bertz CT molecular complexity index is 583. The van der Waals surface area contributed by atoms with Crippen LogP contribution < -0.4 is 24.7 Å². The maximum atomic E-state index is 11.8. The smallest absolute Gasteiger partial charge is 0.245 e. The van der Waals surface area contributed by atoms with Crippen molar-refractivity contribution in [2.45, 2.75) is 6.42 Å². The highest BCUT2D eigenvalue weighted by molar-refractivity contribution is 5.83. The number of nitrogens with one attached hydrogen (secondary N) is 3. The third-order valence-corrected chi connectivity index (χ3v) is 4.32. The Kier molecular flexibility index (Phi) is 5.09. The van der Waals surface area contributed by atoms with E-state index in [0.717, 1.165) is 30.9 Å². The first-order valence-corrected chi connectivity index (χ1v) is 8.07. The van der Waals surface area contributed by atoms with Crippen molar-refractivity contribution in [3.8, 4) is 11.5 Å². The van der Waals surface area contributed by atoms with Crippen LogP contribution in [0, 0.1) is 0 Å². The molecule has 2 aliphatic rings. The summed E-state index contributed by atoms with van der Waals surface area (Å²) >= 11 is 0. The Balaban J connectivity index is 1.40. The summed E-state index contributed by atoms with van der Waals surface area (Å²) in [5.74, 6) is 1.41. The fraction of sp³-hybridized carbons (Fsp3) is 0.500. The van der Waals surface area contributed by atoms with Gasteiger partial charge < -0.3 is 19.3 Å². The number of fused-ring (bicyclic) bond motifs is 1. The molecular formula is C16H24N4O3+2. The van der Waals surface area contributed by atoms with Crippen molar-refractivity contribution >= 4 is 12.1 Å². The molecule has 0 aromatic heterocycles. The van der Waals surface area contributed by atoms with Crippen LogP contribution in [-0.4, -0.2) is 58.7 Å². The average Bonchev–Trinajstić information content (AvgIpc) is 3.02. The van der Waals surface area contributed by atoms with Crippen molar-refractivity contribution < 1.29 is 24.1 Å². The van der Waals surface area contributed by atoms with Gasteiger partial charge in [-0.1, -0.05) is 0 Å². The van der Waals surface area contributed by atoms with Crippen molar-refractivity contribution in [1.29, 1.82) is 0 Å².